The summed E-state index contributed by atoms with van der Waals surface area (Å²) < 4.78 is 10.6. The van der Waals surface area contributed by atoms with E-state index in [0.29, 0.717) is 31.0 Å². The number of carbonyl (C=O) groups is 3. The standard InChI is InChI=1S/C20H27N3O5S/c1-3-5-12-28-16-9-7-6-8-14(16)18(25)22-20(29)23-11-10-21-19(26)15(23)13-17(24)27-4-2/h6-9,15H,3-5,10-13H2,1-2H3,(H,21,26)(H,22,25,29)/t15-/m1/s1. The van der Waals surface area contributed by atoms with Crippen molar-refractivity contribution in [1.82, 2.24) is 15.5 Å². The summed E-state index contributed by atoms with van der Waals surface area (Å²) in [6, 6.07) is 6.08. The number of thiocarbonyl (C=S) groups is 1. The summed E-state index contributed by atoms with van der Waals surface area (Å²) in [6.07, 6.45) is 1.72. The molecule has 29 heavy (non-hydrogen) atoms. The fourth-order valence-electron chi connectivity index (χ4n) is 2.88. The lowest BCUT2D eigenvalue weighted by molar-refractivity contribution is -0.147. The third-order valence-electron chi connectivity index (χ3n) is 4.36. The molecule has 8 nitrogen and oxygen atoms in total. The van der Waals surface area contributed by atoms with Gasteiger partial charge in [-0.25, -0.2) is 0 Å². The third-order valence-corrected chi connectivity index (χ3v) is 4.70. The van der Waals surface area contributed by atoms with Gasteiger partial charge in [0, 0.05) is 13.1 Å². The lowest BCUT2D eigenvalue weighted by Gasteiger charge is -2.36. The van der Waals surface area contributed by atoms with Crippen molar-refractivity contribution in [2.45, 2.75) is 39.2 Å². The molecule has 0 spiro atoms. The summed E-state index contributed by atoms with van der Waals surface area (Å²) in [4.78, 5) is 38.4. The summed E-state index contributed by atoms with van der Waals surface area (Å²) in [7, 11) is 0. The SMILES string of the molecule is CCCCOc1ccccc1C(=O)NC(=S)N1CCNC(=O)[C@H]1CC(=O)OCC. The minimum absolute atomic E-state index is 0.0857. The number of hydrogen-bond donors (Lipinski definition) is 2. The van der Waals surface area contributed by atoms with Crippen molar-refractivity contribution in [3.63, 3.8) is 0 Å². The van der Waals surface area contributed by atoms with E-state index in [9.17, 15) is 14.4 Å². The second-order valence-corrected chi connectivity index (χ2v) is 6.85. The molecule has 2 N–H and O–H groups in total. The molecule has 1 aliphatic rings. The van der Waals surface area contributed by atoms with Gasteiger partial charge in [0.05, 0.1) is 25.2 Å². The van der Waals surface area contributed by atoms with Crippen molar-refractivity contribution in [3.05, 3.63) is 29.8 Å². The highest BCUT2D eigenvalue weighted by molar-refractivity contribution is 7.80. The third kappa shape index (κ3) is 6.42. The maximum Gasteiger partial charge on any atom is 0.308 e. The Morgan fingerprint density at radius 3 is 2.79 bits per heavy atom. The monoisotopic (exact) mass is 421 g/mol. The van der Waals surface area contributed by atoms with Gasteiger partial charge in [0.15, 0.2) is 5.11 Å². The average Bonchev–Trinajstić information content (AvgIpc) is 2.70. The van der Waals surface area contributed by atoms with Crippen LogP contribution < -0.4 is 15.4 Å². The van der Waals surface area contributed by atoms with Crippen molar-refractivity contribution in [3.8, 4) is 5.75 Å². The molecule has 0 saturated carbocycles. The number of amides is 2. The summed E-state index contributed by atoms with van der Waals surface area (Å²) in [5.41, 5.74) is 0.356. The summed E-state index contributed by atoms with van der Waals surface area (Å²) in [5.74, 6) is -0.781. The Labute approximate surface area is 175 Å². The number of hydrogen-bond acceptors (Lipinski definition) is 6. The molecule has 1 atom stereocenters. The molecule has 1 aromatic rings. The fourth-order valence-corrected chi connectivity index (χ4v) is 3.19. The van der Waals surface area contributed by atoms with Crippen LogP contribution in [0.4, 0.5) is 0 Å². The van der Waals surface area contributed by atoms with Crippen molar-refractivity contribution in [2.75, 3.05) is 26.3 Å². The molecule has 158 valence electrons. The van der Waals surface area contributed by atoms with Crippen LogP contribution in [0.1, 0.15) is 43.5 Å². The summed E-state index contributed by atoms with van der Waals surface area (Å²) >= 11 is 5.37. The van der Waals surface area contributed by atoms with Crippen LogP contribution in [0.25, 0.3) is 0 Å². The van der Waals surface area contributed by atoms with Gasteiger partial charge in [-0.1, -0.05) is 25.5 Å². The van der Waals surface area contributed by atoms with Crippen molar-refractivity contribution >= 4 is 35.1 Å². The Kier molecular flexibility index (Phi) is 8.85. The van der Waals surface area contributed by atoms with E-state index in [2.05, 4.69) is 17.6 Å². The highest BCUT2D eigenvalue weighted by atomic mass is 32.1. The molecule has 1 heterocycles. The predicted molar refractivity (Wildman–Crippen MR) is 112 cm³/mol. The van der Waals surface area contributed by atoms with Gasteiger partial charge in [0.2, 0.25) is 5.91 Å². The van der Waals surface area contributed by atoms with Gasteiger partial charge in [-0.2, -0.15) is 0 Å². The molecule has 9 heteroatoms. The maximum atomic E-state index is 12.8. The topological polar surface area (TPSA) is 97.0 Å². The van der Waals surface area contributed by atoms with Crippen LogP contribution in [-0.4, -0.2) is 60.1 Å². The lowest BCUT2D eigenvalue weighted by Crippen LogP contribution is -2.60. The predicted octanol–water partition coefficient (Wildman–Crippen LogP) is 1.63. The highest BCUT2D eigenvalue weighted by Gasteiger charge is 2.34. The van der Waals surface area contributed by atoms with Crippen LogP contribution in [-0.2, 0) is 14.3 Å². The quantitative estimate of drug-likeness (QED) is 0.374. The largest absolute Gasteiger partial charge is 0.493 e. The van der Waals surface area contributed by atoms with Gasteiger partial charge in [-0.05, 0) is 37.7 Å². The Hall–Kier alpha value is -2.68. The van der Waals surface area contributed by atoms with E-state index in [4.69, 9.17) is 21.7 Å². The number of esters is 1. The van der Waals surface area contributed by atoms with Gasteiger partial charge in [0.25, 0.3) is 5.91 Å². The molecular formula is C20H27N3O5S. The molecule has 1 saturated heterocycles. The number of benzene rings is 1. The highest BCUT2D eigenvalue weighted by Crippen LogP contribution is 2.19. The molecule has 0 bridgehead atoms. The number of unbranched alkanes of at least 4 members (excludes halogenated alkanes) is 1. The van der Waals surface area contributed by atoms with E-state index in [0.717, 1.165) is 12.8 Å². The van der Waals surface area contributed by atoms with E-state index >= 15 is 0 Å². The van der Waals surface area contributed by atoms with Crippen LogP contribution in [0, 0.1) is 0 Å². The number of piperazine rings is 1. The van der Waals surface area contributed by atoms with Crippen molar-refractivity contribution in [1.29, 1.82) is 0 Å². The molecule has 2 amide bonds. The smallest absolute Gasteiger partial charge is 0.308 e. The van der Waals surface area contributed by atoms with Crippen molar-refractivity contribution in [2.24, 2.45) is 0 Å². The molecule has 1 aromatic carbocycles. The molecule has 1 aliphatic heterocycles. The van der Waals surface area contributed by atoms with Crippen molar-refractivity contribution < 1.29 is 23.9 Å². The number of carbonyl (C=O) groups excluding carboxylic acids is 3. The molecule has 1 fully saturated rings. The summed E-state index contributed by atoms with van der Waals surface area (Å²) in [6.45, 7) is 5.24. The molecule has 2 rings (SSSR count). The van der Waals surface area contributed by atoms with Crippen LogP contribution in [0.2, 0.25) is 0 Å². The zero-order chi connectivity index (χ0) is 21.2. The van der Waals surface area contributed by atoms with E-state index in [-0.39, 0.29) is 24.0 Å². The first kappa shape index (κ1) is 22.6. The number of ether oxygens (including phenoxy) is 2. The van der Waals surface area contributed by atoms with Crippen LogP contribution in [0.3, 0.4) is 0 Å². The molecular weight excluding hydrogens is 394 g/mol. The molecule has 0 radical (unpaired) electrons. The van der Waals surface area contributed by atoms with E-state index in [1.807, 2.05) is 0 Å². The minimum Gasteiger partial charge on any atom is -0.493 e. The molecule has 0 aliphatic carbocycles. The van der Waals surface area contributed by atoms with Gasteiger partial charge in [-0.15, -0.1) is 0 Å². The second-order valence-electron chi connectivity index (χ2n) is 6.47. The first-order valence-corrected chi connectivity index (χ1v) is 10.2. The number of para-hydroxylation sites is 1. The zero-order valence-electron chi connectivity index (χ0n) is 16.7. The van der Waals surface area contributed by atoms with Crippen LogP contribution in [0.5, 0.6) is 5.75 Å². The second kappa shape index (κ2) is 11.4. The number of nitrogens with one attached hydrogen (secondary N) is 2. The minimum atomic E-state index is -0.827. The van der Waals surface area contributed by atoms with Gasteiger partial charge in [-0.3, -0.25) is 19.7 Å². The summed E-state index contributed by atoms with van der Waals surface area (Å²) in [5, 5.41) is 5.45. The maximum absolute atomic E-state index is 12.8. The van der Waals surface area contributed by atoms with E-state index < -0.39 is 17.9 Å². The zero-order valence-corrected chi connectivity index (χ0v) is 17.5. The van der Waals surface area contributed by atoms with Gasteiger partial charge >= 0.3 is 5.97 Å². The molecule has 0 unspecified atom stereocenters. The van der Waals surface area contributed by atoms with E-state index in [1.54, 1.807) is 36.1 Å². The normalized spacial score (nSPS) is 16.0. The first-order chi connectivity index (χ1) is 14.0. The number of rotatable bonds is 8. The average molecular weight is 422 g/mol. The van der Waals surface area contributed by atoms with E-state index in [1.165, 1.54) is 0 Å². The molecule has 0 aromatic heterocycles. The first-order valence-electron chi connectivity index (χ1n) is 9.75. The lowest BCUT2D eigenvalue weighted by atomic mass is 10.1. The number of nitrogens with zero attached hydrogens (tertiary/aromatic N) is 1. The van der Waals surface area contributed by atoms with Gasteiger partial charge in [0.1, 0.15) is 11.8 Å². The Bertz CT molecular complexity index is 755. The van der Waals surface area contributed by atoms with Crippen LogP contribution in [0.15, 0.2) is 24.3 Å². The Balaban J connectivity index is 2.08. The fraction of sp³-hybridized carbons (Fsp3) is 0.500. The van der Waals surface area contributed by atoms with Gasteiger partial charge < -0.3 is 19.7 Å². The van der Waals surface area contributed by atoms with Crippen LogP contribution >= 0.6 is 12.2 Å². The Morgan fingerprint density at radius 2 is 2.07 bits per heavy atom. The Morgan fingerprint density at radius 1 is 1.31 bits per heavy atom.